The Morgan fingerprint density at radius 1 is 1.50 bits per heavy atom. The number of amides is 1. The van der Waals surface area contributed by atoms with Gasteiger partial charge in [0.25, 0.3) is 0 Å². The van der Waals surface area contributed by atoms with Gasteiger partial charge in [0.05, 0.1) is 12.1 Å². The molecule has 0 saturated heterocycles. The summed E-state index contributed by atoms with van der Waals surface area (Å²) in [6.45, 7) is 2.36. The van der Waals surface area contributed by atoms with Gasteiger partial charge in [-0.15, -0.1) is 0 Å². The molecule has 0 fully saturated rings. The van der Waals surface area contributed by atoms with Gasteiger partial charge in [0.2, 0.25) is 0 Å². The van der Waals surface area contributed by atoms with E-state index in [4.69, 9.17) is 27.9 Å². The van der Waals surface area contributed by atoms with Crippen molar-refractivity contribution >= 4 is 28.6 Å². The number of halogens is 2. The summed E-state index contributed by atoms with van der Waals surface area (Å²) < 4.78 is 5.09. The van der Waals surface area contributed by atoms with Crippen LogP contribution in [0.3, 0.4) is 0 Å². The van der Waals surface area contributed by atoms with Crippen molar-refractivity contribution in [3.63, 3.8) is 0 Å². The lowest BCUT2D eigenvalue weighted by Gasteiger charge is -2.16. The van der Waals surface area contributed by atoms with Crippen molar-refractivity contribution in [2.45, 2.75) is 13.5 Å². The molecule has 1 aromatic carbocycles. The van der Waals surface area contributed by atoms with E-state index in [2.05, 4.69) is 0 Å². The first-order chi connectivity index (χ1) is 7.45. The van der Waals surface area contributed by atoms with Crippen LogP contribution in [0.2, 0.25) is 5.02 Å². The molecule has 1 amide bonds. The number of hydrogen-bond donors (Lipinski definition) is 0. The van der Waals surface area contributed by atoms with Gasteiger partial charge in [-0.25, -0.2) is 0 Å². The molecule has 16 heavy (non-hydrogen) atoms. The third-order valence-electron chi connectivity index (χ3n) is 2.32. The van der Waals surface area contributed by atoms with Crippen molar-refractivity contribution < 1.29 is 9.53 Å². The standard InChI is InChI=1S/C11H13Cl2NO2/c1-7-4-10(16-3)9(12)5-8(7)6-14(2)11(13)15/h4-5H,6H2,1-3H3. The van der Waals surface area contributed by atoms with Crippen molar-refractivity contribution in [2.75, 3.05) is 14.2 Å². The maximum absolute atomic E-state index is 10.9. The molecule has 0 bridgehead atoms. The number of carbonyl (C=O) groups is 1. The summed E-state index contributed by atoms with van der Waals surface area (Å²) in [6, 6.07) is 3.62. The van der Waals surface area contributed by atoms with E-state index in [-0.39, 0.29) is 0 Å². The van der Waals surface area contributed by atoms with Crippen molar-refractivity contribution in [3.8, 4) is 5.75 Å². The van der Waals surface area contributed by atoms with Gasteiger partial charge in [-0.05, 0) is 41.8 Å². The molecule has 1 rings (SSSR count). The number of carbonyl (C=O) groups excluding carboxylic acids is 1. The zero-order valence-electron chi connectivity index (χ0n) is 9.38. The van der Waals surface area contributed by atoms with E-state index < -0.39 is 5.37 Å². The number of nitrogens with zero attached hydrogens (tertiary/aromatic N) is 1. The first-order valence-electron chi connectivity index (χ1n) is 4.69. The third kappa shape index (κ3) is 3.03. The van der Waals surface area contributed by atoms with Crippen molar-refractivity contribution in [1.82, 2.24) is 4.90 Å². The zero-order chi connectivity index (χ0) is 12.3. The molecule has 0 atom stereocenters. The number of ether oxygens (including phenoxy) is 1. The molecule has 0 aromatic heterocycles. The lowest BCUT2D eigenvalue weighted by atomic mass is 10.1. The highest BCUT2D eigenvalue weighted by atomic mass is 35.5. The van der Waals surface area contributed by atoms with Crippen LogP contribution in [0.25, 0.3) is 0 Å². The Labute approximate surface area is 105 Å². The van der Waals surface area contributed by atoms with Crippen molar-refractivity contribution in [2.24, 2.45) is 0 Å². The van der Waals surface area contributed by atoms with Gasteiger partial charge < -0.3 is 9.64 Å². The fourth-order valence-electron chi connectivity index (χ4n) is 1.34. The molecule has 0 aliphatic carbocycles. The Hall–Kier alpha value is -0.930. The van der Waals surface area contributed by atoms with Gasteiger partial charge in [0, 0.05) is 13.6 Å². The predicted molar refractivity (Wildman–Crippen MR) is 65.5 cm³/mol. The number of hydrogen-bond acceptors (Lipinski definition) is 2. The minimum atomic E-state index is -0.494. The summed E-state index contributed by atoms with van der Waals surface area (Å²) in [5.41, 5.74) is 1.95. The Bertz CT molecular complexity index is 407. The highest BCUT2D eigenvalue weighted by Crippen LogP contribution is 2.28. The van der Waals surface area contributed by atoms with Gasteiger partial charge in [-0.3, -0.25) is 4.79 Å². The fraction of sp³-hybridized carbons (Fsp3) is 0.364. The van der Waals surface area contributed by atoms with Crippen LogP contribution in [0.5, 0.6) is 5.75 Å². The predicted octanol–water partition coefficient (Wildman–Crippen LogP) is 3.45. The molecular formula is C11H13Cl2NO2. The van der Waals surface area contributed by atoms with Crippen LogP contribution in [0.4, 0.5) is 4.79 Å². The largest absolute Gasteiger partial charge is 0.495 e. The first-order valence-corrected chi connectivity index (χ1v) is 5.45. The molecule has 5 heteroatoms. The quantitative estimate of drug-likeness (QED) is 0.616. The Kier molecular flexibility index (Phi) is 4.44. The summed E-state index contributed by atoms with van der Waals surface area (Å²) in [7, 11) is 3.20. The van der Waals surface area contributed by atoms with Gasteiger partial charge in [-0.1, -0.05) is 11.6 Å². The molecular weight excluding hydrogens is 249 g/mol. The van der Waals surface area contributed by atoms with Crippen LogP contribution in [-0.4, -0.2) is 24.4 Å². The average Bonchev–Trinajstić information content (AvgIpc) is 2.22. The zero-order valence-corrected chi connectivity index (χ0v) is 10.9. The van der Waals surface area contributed by atoms with Crippen molar-refractivity contribution in [1.29, 1.82) is 0 Å². The Morgan fingerprint density at radius 2 is 2.12 bits per heavy atom. The van der Waals surface area contributed by atoms with E-state index in [1.807, 2.05) is 13.0 Å². The molecule has 3 nitrogen and oxygen atoms in total. The van der Waals surface area contributed by atoms with Crippen LogP contribution < -0.4 is 4.74 Å². The second kappa shape index (κ2) is 5.41. The summed E-state index contributed by atoms with van der Waals surface area (Å²) in [6.07, 6.45) is 0. The van der Waals surface area contributed by atoms with E-state index in [1.165, 1.54) is 4.90 Å². The molecule has 0 saturated carbocycles. The van der Waals surface area contributed by atoms with E-state index in [9.17, 15) is 4.79 Å². The highest BCUT2D eigenvalue weighted by molar-refractivity contribution is 6.62. The summed E-state index contributed by atoms with van der Waals surface area (Å²) >= 11 is 11.4. The smallest absolute Gasteiger partial charge is 0.316 e. The first kappa shape index (κ1) is 13.1. The monoisotopic (exact) mass is 261 g/mol. The highest BCUT2D eigenvalue weighted by Gasteiger charge is 2.10. The van der Waals surface area contributed by atoms with Crippen LogP contribution >= 0.6 is 23.2 Å². The molecule has 0 spiro atoms. The normalized spacial score (nSPS) is 10.1. The summed E-state index contributed by atoms with van der Waals surface area (Å²) in [5.74, 6) is 0.628. The number of benzene rings is 1. The van der Waals surface area contributed by atoms with Gasteiger partial charge in [0.15, 0.2) is 0 Å². The van der Waals surface area contributed by atoms with Crippen LogP contribution in [-0.2, 0) is 6.54 Å². The van der Waals surface area contributed by atoms with Crippen molar-refractivity contribution in [3.05, 3.63) is 28.3 Å². The SMILES string of the molecule is COc1cc(C)c(CN(C)C(=O)Cl)cc1Cl. The maximum Gasteiger partial charge on any atom is 0.316 e. The maximum atomic E-state index is 10.9. The molecule has 0 aliphatic rings. The third-order valence-corrected chi connectivity index (χ3v) is 2.90. The second-order valence-corrected chi connectivity index (χ2v) is 4.25. The minimum absolute atomic E-state index is 0.428. The molecule has 1 aromatic rings. The second-order valence-electron chi connectivity index (χ2n) is 3.52. The number of methoxy groups -OCH3 is 1. The van der Waals surface area contributed by atoms with Gasteiger partial charge in [-0.2, -0.15) is 0 Å². The summed E-state index contributed by atoms with van der Waals surface area (Å²) in [5, 5.41) is 0.0323. The average molecular weight is 262 g/mol. The molecule has 0 aliphatic heterocycles. The lowest BCUT2D eigenvalue weighted by Crippen LogP contribution is -2.20. The Morgan fingerprint density at radius 3 is 2.62 bits per heavy atom. The van der Waals surface area contributed by atoms with Crippen LogP contribution in [0, 0.1) is 6.92 Å². The van der Waals surface area contributed by atoms with E-state index in [0.717, 1.165) is 11.1 Å². The lowest BCUT2D eigenvalue weighted by molar-refractivity contribution is 0.230. The molecule has 0 radical (unpaired) electrons. The van der Waals surface area contributed by atoms with Gasteiger partial charge in [0.1, 0.15) is 5.75 Å². The minimum Gasteiger partial charge on any atom is -0.495 e. The van der Waals surface area contributed by atoms with Crippen LogP contribution in [0.15, 0.2) is 12.1 Å². The molecule has 0 N–H and O–H groups in total. The van der Waals surface area contributed by atoms with E-state index >= 15 is 0 Å². The topological polar surface area (TPSA) is 29.5 Å². The van der Waals surface area contributed by atoms with Crippen LogP contribution in [0.1, 0.15) is 11.1 Å². The fourth-order valence-corrected chi connectivity index (χ4v) is 1.66. The van der Waals surface area contributed by atoms with E-state index in [0.29, 0.717) is 17.3 Å². The van der Waals surface area contributed by atoms with Gasteiger partial charge >= 0.3 is 5.37 Å². The summed E-state index contributed by atoms with van der Waals surface area (Å²) in [4.78, 5) is 12.3. The number of aryl methyl sites for hydroxylation is 1. The molecule has 0 heterocycles. The Balaban J connectivity index is 2.98. The molecule has 0 unspecified atom stereocenters. The number of rotatable bonds is 3. The van der Waals surface area contributed by atoms with E-state index in [1.54, 1.807) is 20.2 Å². The molecule has 88 valence electrons.